The van der Waals surface area contributed by atoms with Gasteiger partial charge in [-0.25, -0.2) is 18.7 Å². The van der Waals surface area contributed by atoms with Gasteiger partial charge >= 0.3 is 0 Å². The zero-order valence-electron chi connectivity index (χ0n) is 9.88. The predicted octanol–water partition coefficient (Wildman–Crippen LogP) is -0.220. The standard InChI is InChI=1S/C9H12N6O2S/c1-3-7-6(4-5(2)12-13-7)8-11-9(15-14-8)18(10,16)17/h4H,3H2,1-2H3,(H2,10,16,17)(H,11,14,15). The molecule has 18 heavy (non-hydrogen) atoms. The quantitative estimate of drug-likeness (QED) is 0.792. The molecule has 0 spiro atoms. The number of aromatic amines is 1. The Balaban J connectivity index is 2.55. The Hall–Kier alpha value is -1.87. The van der Waals surface area contributed by atoms with Crippen molar-refractivity contribution >= 4 is 10.0 Å². The van der Waals surface area contributed by atoms with Gasteiger partial charge in [-0.1, -0.05) is 6.92 Å². The summed E-state index contributed by atoms with van der Waals surface area (Å²) in [5.74, 6) is 0.244. The molecule has 8 nitrogen and oxygen atoms in total. The molecule has 0 aliphatic heterocycles. The molecule has 0 radical (unpaired) electrons. The van der Waals surface area contributed by atoms with Crippen LogP contribution in [-0.2, 0) is 16.4 Å². The Bertz CT molecular complexity index is 678. The number of nitrogens with one attached hydrogen (secondary N) is 1. The normalized spacial score (nSPS) is 11.7. The maximum atomic E-state index is 11.1. The van der Waals surface area contributed by atoms with E-state index < -0.39 is 10.0 Å². The first-order valence-electron chi connectivity index (χ1n) is 5.20. The highest BCUT2D eigenvalue weighted by Gasteiger charge is 2.17. The molecule has 2 aromatic rings. The summed E-state index contributed by atoms with van der Waals surface area (Å²) < 4.78 is 22.2. The van der Waals surface area contributed by atoms with Crippen LogP contribution in [0.25, 0.3) is 11.4 Å². The van der Waals surface area contributed by atoms with Crippen LogP contribution in [0, 0.1) is 6.92 Å². The van der Waals surface area contributed by atoms with Gasteiger partial charge in [0.25, 0.3) is 15.2 Å². The third-order valence-corrected chi connectivity index (χ3v) is 3.02. The van der Waals surface area contributed by atoms with Gasteiger partial charge in [0.15, 0.2) is 5.82 Å². The lowest BCUT2D eigenvalue weighted by Crippen LogP contribution is -2.13. The van der Waals surface area contributed by atoms with Crippen LogP contribution >= 0.6 is 0 Å². The van der Waals surface area contributed by atoms with E-state index in [0.29, 0.717) is 23.4 Å². The summed E-state index contributed by atoms with van der Waals surface area (Å²) >= 11 is 0. The van der Waals surface area contributed by atoms with Crippen LogP contribution in [0.3, 0.4) is 0 Å². The van der Waals surface area contributed by atoms with Crippen LogP contribution in [0.1, 0.15) is 18.3 Å². The van der Waals surface area contributed by atoms with E-state index in [0.717, 1.165) is 0 Å². The van der Waals surface area contributed by atoms with Gasteiger partial charge in [-0.15, -0.1) is 0 Å². The summed E-state index contributed by atoms with van der Waals surface area (Å²) in [6.07, 6.45) is 0.641. The van der Waals surface area contributed by atoms with Crippen molar-refractivity contribution in [2.75, 3.05) is 0 Å². The van der Waals surface area contributed by atoms with Gasteiger partial charge < -0.3 is 0 Å². The van der Waals surface area contributed by atoms with Crippen LogP contribution in [0.15, 0.2) is 11.2 Å². The number of aryl methyl sites for hydroxylation is 2. The lowest BCUT2D eigenvalue weighted by Gasteiger charge is -2.02. The first-order valence-corrected chi connectivity index (χ1v) is 6.75. The molecule has 0 aromatic carbocycles. The topological polar surface area (TPSA) is 128 Å². The summed E-state index contributed by atoms with van der Waals surface area (Å²) in [5.41, 5.74) is 2.04. The van der Waals surface area contributed by atoms with E-state index in [1.165, 1.54) is 0 Å². The molecule has 2 heterocycles. The summed E-state index contributed by atoms with van der Waals surface area (Å²) in [6, 6.07) is 1.75. The monoisotopic (exact) mass is 268 g/mol. The van der Waals surface area contributed by atoms with Crippen LogP contribution in [0.5, 0.6) is 0 Å². The number of hydrogen-bond donors (Lipinski definition) is 2. The second-order valence-electron chi connectivity index (χ2n) is 3.71. The fraction of sp³-hybridized carbons (Fsp3) is 0.333. The van der Waals surface area contributed by atoms with E-state index in [1.807, 2.05) is 6.92 Å². The van der Waals surface area contributed by atoms with Crippen molar-refractivity contribution in [3.8, 4) is 11.4 Å². The molecule has 2 aromatic heterocycles. The number of hydrogen-bond acceptors (Lipinski definition) is 6. The number of sulfonamides is 1. The highest BCUT2D eigenvalue weighted by molar-refractivity contribution is 7.89. The van der Waals surface area contributed by atoms with E-state index in [2.05, 4.69) is 25.4 Å². The fourth-order valence-corrected chi connectivity index (χ4v) is 1.85. The van der Waals surface area contributed by atoms with Crippen LogP contribution in [0.2, 0.25) is 0 Å². The van der Waals surface area contributed by atoms with Crippen LogP contribution < -0.4 is 5.14 Å². The van der Waals surface area contributed by atoms with Gasteiger partial charge in [0, 0.05) is 5.56 Å². The van der Waals surface area contributed by atoms with Crippen LogP contribution in [-0.4, -0.2) is 33.8 Å². The van der Waals surface area contributed by atoms with Crippen molar-refractivity contribution in [1.82, 2.24) is 25.4 Å². The van der Waals surface area contributed by atoms with Gasteiger partial charge in [0.1, 0.15) is 0 Å². The number of aromatic nitrogens is 5. The Labute approximate surface area is 104 Å². The third-order valence-electron chi connectivity index (χ3n) is 2.30. The van der Waals surface area contributed by atoms with Gasteiger partial charge in [-0.2, -0.15) is 20.3 Å². The van der Waals surface area contributed by atoms with Crippen molar-refractivity contribution in [2.45, 2.75) is 25.4 Å². The summed E-state index contributed by atoms with van der Waals surface area (Å²) in [4.78, 5) is 3.85. The minimum absolute atomic E-state index is 0.244. The molecule has 0 saturated heterocycles. The molecule has 0 amide bonds. The second kappa shape index (κ2) is 4.42. The Morgan fingerprint density at radius 2 is 2.11 bits per heavy atom. The zero-order chi connectivity index (χ0) is 13.3. The van der Waals surface area contributed by atoms with Crippen molar-refractivity contribution in [3.05, 3.63) is 17.5 Å². The zero-order valence-corrected chi connectivity index (χ0v) is 10.7. The minimum Gasteiger partial charge on any atom is -0.248 e. The number of rotatable bonds is 3. The number of primary sulfonamides is 1. The second-order valence-corrected chi connectivity index (χ2v) is 5.19. The Morgan fingerprint density at radius 3 is 2.67 bits per heavy atom. The highest BCUT2D eigenvalue weighted by atomic mass is 32.2. The first-order chi connectivity index (χ1) is 8.41. The summed E-state index contributed by atoms with van der Waals surface area (Å²) in [6.45, 7) is 3.69. The molecule has 0 atom stereocenters. The maximum Gasteiger partial charge on any atom is 0.273 e. The largest absolute Gasteiger partial charge is 0.273 e. The molecule has 3 N–H and O–H groups in total. The average Bonchev–Trinajstić information content (AvgIpc) is 2.77. The predicted molar refractivity (Wildman–Crippen MR) is 62.9 cm³/mol. The van der Waals surface area contributed by atoms with Crippen LogP contribution in [0.4, 0.5) is 0 Å². The SMILES string of the molecule is CCc1nnc(C)cc1-c1n[nH]c(S(N)(=O)=O)n1. The molecular formula is C9H12N6O2S. The van der Waals surface area contributed by atoms with E-state index in [9.17, 15) is 8.42 Å². The average molecular weight is 268 g/mol. The Kier molecular flexibility index (Phi) is 3.09. The molecule has 0 fully saturated rings. The molecule has 9 heteroatoms. The fourth-order valence-electron chi connectivity index (χ4n) is 1.46. The Morgan fingerprint density at radius 1 is 1.39 bits per heavy atom. The van der Waals surface area contributed by atoms with Crippen molar-refractivity contribution in [2.24, 2.45) is 5.14 Å². The van der Waals surface area contributed by atoms with Crippen molar-refractivity contribution in [1.29, 1.82) is 0 Å². The summed E-state index contributed by atoms with van der Waals surface area (Å²) in [7, 11) is -3.88. The van der Waals surface area contributed by atoms with E-state index >= 15 is 0 Å². The van der Waals surface area contributed by atoms with Gasteiger partial charge in [0.05, 0.1) is 11.4 Å². The molecule has 2 rings (SSSR count). The number of H-pyrrole nitrogens is 1. The molecule has 96 valence electrons. The van der Waals surface area contributed by atoms with Crippen molar-refractivity contribution < 1.29 is 8.42 Å². The number of nitrogens with zero attached hydrogens (tertiary/aromatic N) is 4. The molecule has 0 aliphatic rings. The van der Waals surface area contributed by atoms with E-state index in [1.54, 1.807) is 13.0 Å². The maximum absolute atomic E-state index is 11.1. The first kappa shape index (κ1) is 12.6. The molecular weight excluding hydrogens is 256 g/mol. The lowest BCUT2D eigenvalue weighted by molar-refractivity contribution is 0.589. The summed E-state index contributed by atoms with van der Waals surface area (Å²) in [5, 5.41) is 18.7. The smallest absolute Gasteiger partial charge is 0.248 e. The number of nitrogens with two attached hydrogens (primary N) is 1. The lowest BCUT2D eigenvalue weighted by atomic mass is 10.1. The minimum atomic E-state index is -3.88. The molecule has 0 bridgehead atoms. The van der Waals surface area contributed by atoms with E-state index in [-0.39, 0.29) is 11.0 Å². The molecule has 0 aliphatic carbocycles. The highest BCUT2D eigenvalue weighted by Crippen LogP contribution is 2.19. The molecule has 0 unspecified atom stereocenters. The third kappa shape index (κ3) is 2.36. The molecule has 0 saturated carbocycles. The van der Waals surface area contributed by atoms with Gasteiger partial charge in [0.2, 0.25) is 0 Å². The van der Waals surface area contributed by atoms with Crippen molar-refractivity contribution in [3.63, 3.8) is 0 Å². The van der Waals surface area contributed by atoms with Gasteiger partial charge in [-0.3, -0.25) is 0 Å². The van der Waals surface area contributed by atoms with Gasteiger partial charge in [-0.05, 0) is 19.4 Å². The van der Waals surface area contributed by atoms with E-state index in [4.69, 9.17) is 5.14 Å².